The van der Waals surface area contributed by atoms with Crippen molar-refractivity contribution in [2.75, 3.05) is 20.2 Å². The highest BCUT2D eigenvalue weighted by Crippen LogP contribution is 2.22. The van der Waals surface area contributed by atoms with E-state index < -0.39 is 0 Å². The fourth-order valence-corrected chi connectivity index (χ4v) is 2.15. The van der Waals surface area contributed by atoms with Crippen LogP contribution in [0.15, 0.2) is 18.2 Å². The quantitative estimate of drug-likeness (QED) is 0.726. The number of carbonyl (C=O) groups is 1. The van der Waals surface area contributed by atoms with Crippen molar-refractivity contribution in [3.8, 4) is 5.75 Å². The number of likely N-dealkylation sites (tertiary alicyclic amines) is 1. The smallest absolute Gasteiger partial charge is 0.150 e. The van der Waals surface area contributed by atoms with Crippen molar-refractivity contribution in [3.05, 3.63) is 29.3 Å². The molecule has 1 heterocycles. The van der Waals surface area contributed by atoms with E-state index in [0.717, 1.165) is 24.1 Å². The minimum Gasteiger partial charge on any atom is -0.496 e. The monoisotopic (exact) mass is 219 g/mol. The van der Waals surface area contributed by atoms with Crippen LogP contribution in [0.1, 0.15) is 28.8 Å². The van der Waals surface area contributed by atoms with E-state index in [1.165, 1.54) is 25.9 Å². The van der Waals surface area contributed by atoms with Crippen molar-refractivity contribution in [2.45, 2.75) is 19.4 Å². The van der Waals surface area contributed by atoms with Crippen molar-refractivity contribution in [1.82, 2.24) is 4.90 Å². The van der Waals surface area contributed by atoms with Gasteiger partial charge in [-0.1, -0.05) is 12.1 Å². The molecule has 2 rings (SSSR count). The second-order valence-corrected chi connectivity index (χ2v) is 4.17. The summed E-state index contributed by atoms with van der Waals surface area (Å²) in [6.07, 6.45) is 3.42. The molecule has 0 bridgehead atoms. The summed E-state index contributed by atoms with van der Waals surface area (Å²) in [7, 11) is 1.65. The maximum Gasteiger partial charge on any atom is 0.150 e. The van der Waals surface area contributed by atoms with Crippen LogP contribution in [-0.4, -0.2) is 31.4 Å². The first-order valence-electron chi connectivity index (χ1n) is 5.68. The van der Waals surface area contributed by atoms with E-state index in [-0.39, 0.29) is 0 Å². The van der Waals surface area contributed by atoms with Gasteiger partial charge in [0.1, 0.15) is 12.0 Å². The number of methoxy groups -OCH3 is 1. The van der Waals surface area contributed by atoms with Crippen molar-refractivity contribution >= 4 is 6.29 Å². The molecule has 0 spiro atoms. The van der Waals surface area contributed by atoms with Crippen LogP contribution in [0.3, 0.4) is 0 Å². The van der Waals surface area contributed by atoms with Gasteiger partial charge in [0.15, 0.2) is 0 Å². The molecular weight excluding hydrogens is 202 g/mol. The summed E-state index contributed by atoms with van der Waals surface area (Å²) in [6, 6.07) is 5.64. The average Bonchev–Trinajstić information content (AvgIpc) is 2.82. The summed E-state index contributed by atoms with van der Waals surface area (Å²) in [5, 5.41) is 0. The second-order valence-electron chi connectivity index (χ2n) is 4.17. The number of hydrogen-bond acceptors (Lipinski definition) is 3. The number of aldehydes is 1. The molecule has 0 atom stereocenters. The van der Waals surface area contributed by atoms with Gasteiger partial charge < -0.3 is 4.74 Å². The van der Waals surface area contributed by atoms with Gasteiger partial charge in [-0.2, -0.15) is 0 Å². The third-order valence-corrected chi connectivity index (χ3v) is 3.04. The number of carbonyl (C=O) groups excluding carboxylic acids is 1. The molecule has 0 saturated carbocycles. The molecule has 1 aromatic carbocycles. The number of hydrogen-bond donors (Lipinski definition) is 0. The van der Waals surface area contributed by atoms with Crippen LogP contribution in [0.2, 0.25) is 0 Å². The Morgan fingerprint density at radius 3 is 2.75 bits per heavy atom. The summed E-state index contributed by atoms with van der Waals surface area (Å²) in [4.78, 5) is 13.1. The molecule has 3 heteroatoms. The van der Waals surface area contributed by atoms with E-state index in [2.05, 4.69) is 4.90 Å². The summed E-state index contributed by atoms with van der Waals surface area (Å²) in [5.74, 6) is 0.816. The van der Waals surface area contributed by atoms with Crippen molar-refractivity contribution < 1.29 is 9.53 Å². The zero-order valence-electron chi connectivity index (χ0n) is 9.61. The molecule has 3 nitrogen and oxygen atoms in total. The van der Waals surface area contributed by atoms with Crippen LogP contribution in [0.5, 0.6) is 5.75 Å². The average molecular weight is 219 g/mol. The minimum absolute atomic E-state index is 0.669. The van der Waals surface area contributed by atoms with E-state index >= 15 is 0 Å². The Hall–Kier alpha value is -1.35. The first-order chi connectivity index (χ1) is 7.83. The zero-order valence-corrected chi connectivity index (χ0v) is 9.61. The zero-order chi connectivity index (χ0) is 11.4. The van der Waals surface area contributed by atoms with Crippen molar-refractivity contribution in [3.63, 3.8) is 0 Å². The third kappa shape index (κ3) is 2.42. The molecule has 1 fully saturated rings. The lowest BCUT2D eigenvalue weighted by Crippen LogP contribution is -2.18. The maximum absolute atomic E-state index is 10.7. The van der Waals surface area contributed by atoms with Crippen LogP contribution in [0, 0.1) is 0 Å². The largest absolute Gasteiger partial charge is 0.496 e. The fraction of sp³-hybridized carbons (Fsp3) is 0.462. The van der Waals surface area contributed by atoms with Crippen LogP contribution in [-0.2, 0) is 6.54 Å². The lowest BCUT2D eigenvalue weighted by molar-refractivity contribution is 0.112. The molecule has 0 N–H and O–H groups in total. The van der Waals surface area contributed by atoms with Crippen molar-refractivity contribution in [1.29, 1.82) is 0 Å². The van der Waals surface area contributed by atoms with E-state index in [1.54, 1.807) is 13.2 Å². The molecule has 1 aliphatic heterocycles. The van der Waals surface area contributed by atoms with Gasteiger partial charge in [0.25, 0.3) is 0 Å². The Bertz CT molecular complexity index is 370. The summed E-state index contributed by atoms with van der Waals surface area (Å²) < 4.78 is 5.31. The van der Waals surface area contributed by atoms with Crippen LogP contribution >= 0.6 is 0 Å². The SMILES string of the molecule is COc1cc(C=O)ccc1CN1CCCC1. The molecule has 0 amide bonds. The van der Waals surface area contributed by atoms with E-state index in [4.69, 9.17) is 4.74 Å². The van der Waals surface area contributed by atoms with E-state index in [1.807, 2.05) is 12.1 Å². The van der Waals surface area contributed by atoms with Crippen LogP contribution in [0.4, 0.5) is 0 Å². The van der Waals surface area contributed by atoms with Crippen LogP contribution in [0.25, 0.3) is 0 Å². The second kappa shape index (κ2) is 5.12. The number of ether oxygens (including phenoxy) is 1. The van der Waals surface area contributed by atoms with Gasteiger partial charge in [-0.25, -0.2) is 0 Å². The molecule has 0 aliphatic carbocycles. The van der Waals surface area contributed by atoms with Crippen LogP contribution < -0.4 is 4.74 Å². The highest BCUT2D eigenvalue weighted by Gasteiger charge is 2.14. The molecule has 16 heavy (non-hydrogen) atoms. The van der Waals surface area contributed by atoms with Gasteiger partial charge in [0.2, 0.25) is 0 Å². The summed E-state index contributed by atoms with van der Waals surface area (Å²) >= 11 is 0. The fourth-order valence-electron chi connectivity index (χ4n) is 2.15. The highest BCUT2D eigenvalue weighted by atomic mass is 16.5. The Kier molecular flexibility index (Phi) is 3.57. The minimum atomic E-state index is 0.669. The Labute approximate surface area is 96.0 Å². The topological polar surface area (TPSA) is 29.5 Å². The number of benzene rings is 1. The van der Waals surface area contributed by atoms with Gasteiger partial charge in [0, 0.05) is 17.7 Å². The predicted octanol–water partition coefficient (Wildman–Crippen LogP) is 2.10. The first kappa shape index (κ1) is 11.1. The Balaban J connectivity index is 2.15. The summed E-state index contributed by atoms with van der Waals surface area (Å²) in [6.45, 7) is 3.25. The van der Waals surface area contributed by atoms with Gasteiger partial charge in [-0.15, -0.1) is 0 Å². The molecule has 0 radical (unpaired) electrons. The van der Waals surface area contributed by atoms with Gasteiger partial charge in [-0.05, 0) is 32.0 Å². The summed E-state index contributed by atoms with van der Waals surface area (Å²) in [5.41, 5.74) is 1.83. The molecule has 1 saturated heterocycles. The highest BCUT2D eigenvalue weighted by molar-refractivity contribution is 5.75. The molecular formula is C13H17NO2. The normalized spacial score (nSPS) is 16.3. The molecule has 1 aliphatic rings. The Morgan fingerprint density at radius 2 is 2.12 bits per heavy atom. The number of rotatable bonds is 4. The molecule has 1 aromatic rings. The van der Waals surface area contributed by atoms with E-state index in [0.29, 0.717) is 5.56 Å². The lowest BCUT2D eigenvalue weighted by atomic mass is 10.1. The number of nitrogens with zero attached hydrogens (tertiary/aromatic N) is 1. The molecule has 0 unspecified atom stereocenters. The lowest BCUT2D eigenvalue weighted by Gasteiger charge is -2.16. The maximum atomic E-state index is 10.7. The van der Waals surface area contributed by atoms with Gasteiger partial charge >= 0.3 is 0 Å². The first-order valence-corrected chi connectivity index (χ1v) is 5.68. The van der Waals surface area contributed by atoms with E-state index in [9.17, 15) is 4.79 Å². The standard InChI is InChI=1S/C13H17NO2/c1-16-13-8-11(10-15)4-5-12(13)9-14-6-2-3-7-14/h4-5,8,10H,2-3,6-7,9H2,1H3. The predicted molar refractivity (Wildman–Crippen MR) is 62.9 cm³/mol. The van der Waals surface area contributed by atoms with Gasteiger partial charge in [-0.3, -0.25) is 9.69 Å². The van der Waals surface area contributed by atoms with Gasteiger partial charge in [0.05, 0.1) is 7.11 Å². The molecule has 86 valence electrons. The molecule has 0 aromatic heterocycles. The Morgan fingerprint density at radius 1 is 1.38 bits per heavy atom. The third-order valence-electron chi connectivity index (χ3n) is 3.04. The van der Waals surface area contributed by atoms with Crippen molar-refractivity contribution in [2.24, 2.45) is 0 Å².